The molecule has 9 heteroatoms. The molecule has 0 aliphatic heterocycles. The molecule has 3 aromatic rings. The highest BCUT2D eigenvalue weighted by molar-refractivity contribution is 9.10. The van der Waals surface area contributed by atoms with Crippen molar-refractivity contribution < 1.29 is 17.6 Å². The van der Waals surface area contributed by atoms with E-state index in [1.54, 1.807) is 6.07 Å². The van der Waals surface area contributed by atoms with E-state index in [4.69, 9.17) is 0 Å². The lowest BCUT2D eigenvalue weighted by Gasteiger charge is -2.10. The van der Waals surface area contributed by atoms with Gasteiger partial charge in [0.15, 0.2) is 0 Å². The molecule has 0 aliphatic rings. The van der Waals surface area contributed by atoms with Crippen LogP contribution in [0.5, 0.6) is 0 Å². The summed E-state index contributed by atoms with van der Waals surface area (Å²) in [5.74, 6) is -1.44. The maximum Gasteiger partial charge on any atom is 0.275 e. The summed E-state index contributed by atoms with van der Waals surface area (Å²) in [5.41, 5.74) is 2.81. The van der Waals surface area contributed by atoms with E-state index >= 15 is 0 Å². The van der Waals surface area contributed by atoms with Crippen LogP contribution in [0.3, 0.4) is 0 Å². The predicted molar refractivity (Wildman–Crippen MR) is 111 cm³/mol. The summed E-state index contributed by atoms with van der Waals surface area (Å²) >= 11 is 3.19. The Balaban J connectivity index is 1.88. The van der Waals surface area contributed by atoms with E-state index in [-0.39, 0.29) is 10.2 Å². The van der Waals surface area contributed by atoms with Crippen molar-refractivity contribution in [3.63, 3.8) is 0 Å². The minimum atomic E-state index is -3.93. The molecule has 0 saturated carbocycles. The first-order chi connectivity index (χ1) is 13.7. The highest BCUT2D eigenvalue weighted by atomic mass is 79.9. The molecule has 0 saturated heterocycles. The third-order valence-electron chi connectivity index (χ3n) is 4.12. The number of nitrogens with zero attached hydrogens (tertiary/aromatic N) is 2. The molecule has 1 heterocycles. The summed E-state index contributed by atoms with van der Waals surface area (Å²) in [6, 6.07) is 10.6. The first-order valence-electron chi connectivity index (χ1n) is 8.54. The van der Waals surface area contributed by atoms with Crippen LogP contribution in [0.4, 0.5) is 10.1 Å². The number of carbonyl (C=O) groups excluding carboxylic acids is 1. The van der Waals surface area contributed by atoms with Gasteiger partial charge in [-0.25, -0.2) is 22.8 Å². The van der Waals surface area contributed by atoms with Crippen LogP contribution in [0.2, 0.25) is 0 Å². The Morgan fingerprint density at radius 3 is 2.48 bits per heavy atom. The van der Waals surface area contributed by atoms with Gasteiger partial charge < -0.3 is 5.32 Å². The largest absolute Gasteiger partial charge is 0.320 e. The van der Waals surface area contributed by atoms with E-state index < -0.39 is 32.5 Å². The summed E-state index contributed by atoms with van der Waals surface area (Å²) in [6.45, 7) is 3.80. The number of benzene rings is 2. The van der Waals surface area contributed by atoms with E-state index in [1.807, 2.05) is 26.0 Å². The zero-order valence-electron chi connectivity index (χ0n) is 15.6. The smallest absolute Gasteiger partial charge is 0.275 e. The van der Waals surface area contributed by atoms with Gasteiger partial charge >= 0.3 is 0 Å². The number of anilines is 1. The molecule has 0 radical (unpaired) electrons. The zero-order chi connectivity index (χ0) is 21.2. The van der Waals surface area contributed by atoms with Crippen molar-refractivity contribution >= 4 is 37.4 Å². The lowest BCUT2D eigenvalue weighted by molar-refractivity contribution is 0.102. The SMILES string of the molecule is Cc1ccc(NC(=O)c2nc(S(=O)(=O)Cc3ccc(F)cc3)ncc2Br)c(C)c1. The van der Waals surface area contributed by atoms with Crippen molar-refractivity contribution in [1.29, 1.82) is 0 Å². The number of aromatic nitrogens is 2. The molecular weight excluding hydrogens is 461 g/mol. The normalized spacial score (nSPS) is 11.3. The van der Waals surface area contributed by atoms with Crippen molar-refractivity contribution in [2.24, 2.45) is 0 Å². The molecule has 6 nitrogen and oxygen atoms in total. The molecule has 0 unspecified atom stereocenters. The Hall–Kier alpha value is -2.65. The van der Waals surface area contributed by atoms with Gasteiger partial charge in [0.25, 0.3) is 5.91 Å². The maximum absolute atomic E-state index is 13.0. The average molecular weight is 478 g/mol. The minimum absolute atomic E-state index is 0.0994. The Morgan fingerprint density at radius 1 is 1.14 bits per heavy atom. The van der Waals surface area contributed by atoms with Gasteiger partial charge in [0, 0.05) is 11.9 Å². The molecule has 0 atom stereocenters. The number of rotatable bonds is 5. The summed E-state index contributed by atoms with van der Waals surface area (Å²) in [6.07, 6.45) is 1.22. The number of amides is 1. The second-order valence-electron chi connectivity index (χ2n) is 6.51. The van der Waals surface area contributed by atoms with Crippen LogP contribution in [-0.2, 0) is 15.6 Å². The zero-order valence-corrected chi connectivity index (χ0v) is 18.0. The molecule has 1 aromatic heterocycles. The molecule has 0 aliphatic carbocycles. The first kappa shape index (κ1) is 21.1. The number of halogens is 2. The van der Waals surface area contributed by atoms with E-state index in [9.17, 15) is 17.6 Å². The summed E-state index contributed by atoms with van der Waals surface area (Å²) in [4.78, 5) is 20.5. The Kier molecular flexibility index (Phi) is 6.09. The van der Waals surface area contributed by atoms with Crippen molar-refractivity contribution in [3.05, 3.63) is 81.3 Å². The van der Waals surface area contributed by atoms with Crippen LogP contribution in [-0.4, -0.2) is 24.3 Å². The monoisotopic (exact) mass is 477 g/mol. The minimum Gasteiger partial charge on any atom is -0.320 e. The Bertz CT molecular complexity index is 1180. The van der Waals surface area contributed by atoms with Gasteiger partial charge in [-0.1, -0.05) is 29.8 Å². The number of sulfone groups is 1. The summed E-state index contributed by atoms with van der Waals surface area (Å²) < 4.78 is 38.6. The lowest BCUT2D eigenvalue weighted by atomic mass is 10.1. The quantitative estimate of drug-likeness (QED) is 0.555. The van der Waals surface area contributed by atoms with Gasteiger partial charge in [-0.2, -0.15) is 0 Å². The summed E-state index contributed by atoms with van der Waals surface area (Å²) in [7, 11) is -3.93. The Morgan fingerprint density at radius 2 is 1.83 bits per heavy atom. The number of aryl methyl sites for hydroxylation is 2. The highest BCUT2D eigenvalue weighted by Gasteiger charge is 2.23. The fraction of sp³-hybridized carbons (Fsp3) is 0.150. The van der Waals surface area contributed by atoms with Crippen LogP contribution >= 0.6 is 15.9 Å². The molecule has 0 spiro atoms. The van der Waals surface area contributed by atoms with Gasteiger partial charge in [0.2, 0.25) is 15.0 Å². The van der Waals surface area contributed by atoms with E-state index in [0.29, 0.717) is 11.3 Å². The second kappa shape index (κ2) is 8.38. The molecule has 0 fully saturated rings. The van der Waals surface area contributed by atoms with Gasteiger partial charge in [0.05, 0.1) is 10.2 Å². The fourth-order valence-corrected chi connectivity index (χ4v) is 4.24. The predicted octanol–water partition coefficient (Wildman–Crippen LogP) is 4.22. The van der Waals surface area contributed by atoms with Crippen molar-refractivity contribution in [1.82, 2.24) is 9.97 Å². The van der Waals surface area contributed by atoms with Crippen molar-refractivity contribution in [2.75, 3.05) is 5.32 Å². The molecule has 3 rings (SSSR count). The van der Waals surface area contributed by atoms with E-state index in [1.165, 1.54) is 30.5 Å². The number of hydrogen-bond donors (Lipinski definition) is 1. The van der Waals surface area contributed by atoms with Crippen molar-refractivity contribution in [3.8, 4) is 0 Å². The maximum atomic E-state index is 13.0. The average Bonchev–Trinajstić information content (AvgIpc) is 2.66. The van der Waals surface area contributed by atoms with Crippen LogP contribution in [0, 0.1) is 19.7 Å². The van der Waals surface area contributed by atoms with Crippen LogP contribution in [0.15, 0.2) is 58.3 Å². The van der Waals surface area contributed by atoms with Gasteiger partial charge in [0.1, 0.15) is 11.5 Å². The number of nitrogens with one attached hydrogen (secondary N) is 1. The first-order valence-corrected chi connectivity index (χ1v) is 11.0. The van der Waals surface area contributed by atoms with Gasteiger partial charge in [-0.05, 0) is 59.1 Å². The van der Waals surface area contributed by atoms with Crippen LogP contribution in [0.25, 0.3) is 0 Å². The summed E-state index contributed by atoms with van der Waals surface area (Å²) in [5, 5.41) is 2.26. The molecule has 150 valence electrons. The van der Waals surface area contributed by atoms with Crippen LogP contribution < -0.4 is 5.32 Å². The van der Waals surface area contributed by atoms with E-state index in [0.717, 1.165) is 11.1 Å². The molecule has 29 heavy (non-hydrogen) atoms. The molecular formula is C20H17BrFN3O3S. The number of carbonyl (C=O) groups is 1. The van der Waals surface area contributed by atoms with E-state index in [2.05, 4.69) is 31.2 Å². The van der Waals surface area contributed by atoms with Gasteiger partial charge in [-0.3, -0.25) is 4.79 Å². The topological polar surface area (TPSA) is 89.0 Å². The third kappa shape index (κ3) is 5.04. The van der Waals surface area contributed by atoms with Gasteiger partial charge in [-0.15, -0.1) is 0 Å². The lowest BCUT2D eigenvalue weighted by Crippen LogP contribution is -2.18. The number of hydrogen-bond acceptors (Lipinski definition) is 5. The second-order valence-corrected chi connectivity index (χ2v) is 9.24. The molecule has 0 bridgehead atoms. The standard InChI is InChI=1S/C20H17BrFN3O3S/c1-12-3-8-17(13(2)9-12)24-19(26)18-16(21)10-23-20(25-18)29(27,28)11-14-4-6-15(22)7-5-14/h3-10H,11H2,1-2H3,(H,24,26). The highest BCUT2D eigenvalue weighted by Crippen LogP contribution is 2.21. The van der Waals surface area contributed by atoms with Crippen LogP contribution in [0.1, 0.15) is 27.2 Å². The molecule has 2 aromatic carbocycles. The molecule has 1 amide bonds. The molecule has 1 N–H and O–H groups in total. The third-order valence-corrected chi connectivity index (χ3v) is 6.16. The fourth-order valence-electron chi connectivity index (χ4n) is 2.66. The Labute approximate surface area is 176 Å². The van der Waals surface area contributed by atoms with Crippen molar-refractivity contribution in [2.45, 2.75) is 24.8 Å².